The van der Waals surface area contributed by atoms with Crippen molar-refractivity contribution in [3.05, 3.63) is 52.3 Å². The molecule has 8 nitrogen and oxygen atoms in total. The molecule has 0 bridgehead atoms. The molecule has 3 aromatic rings. The van der Waals surface area contributed by atoms with Gasteiger partial charge in [0.25, 0.3) is 0 Å². The van der Waals surface area contributed by atoms with E-state index in [2.05, 4.69) is 25.2 Å². The highest BCUT2D eigenvalue weighted by molar-refractivity contribution is 5.81. The Hall–Kier alpha value is -3.03. The Labute approximate surface area is 149 Å². The molecule has 0 aliphatic carbocycles. The number of nitrogens with zero attached hydrogens (tertiary/aromatic N) is 5. The first-order valence-electron chi connectivity index (χ1n) is 8.85. The van der Waals surface area contributed by atoms with Crippen LogP contribution in [0.5, 0.6) is 0 Å². The van der Waals surface area contributed by atoms with Crippen molar-refractivity contribution in [3.8, 4) is 0 Å². The summed E-state index contributed by atoms with van der Waals surface area (Å²) in [5.41, 5.74) is 0.495. The van der Waals surface area contributed by atoms with E-state index in [0.717, 1.165) is 37.5 Å². The van der Waals surface area contributed by atoms with Gasteiger partial charge in [0.05, 0.1) is 18.3 Å². The van der Waals surface area contributed by atoms with E-state index >= 15 is 0 Å². The number of benzene rings is 1. The largest absolute Gasteiger partial charge is 0.347 e. The second kappa shape index (κ2) is 7.07. The highest BCUT2D eigenvalue weighted by Gasteiger charge is 2.15. The minimum atomic E-state index is -0.183. The molecule has 0 radical (unpaired) electrons. The van der Waals surface area contributed by atoms with Crippen LogP contribution in [-0.2, 0) is 30.8 Å². The lowest BCUT2D eigenvalue weighted by Gasteiger charge is -2.10. The van der Waals surface area contributed by atoms with Gasteiger partial charge in [-0.2, -0.15) is 5.10 Å². The topological polar surface area (TPSA) is 94.7 Å². The lowest BCUT2D eigenvalue weighted by Crippen LogP contribution is -2.30. The smallest absolute Gasteiger partial charge is 0.242 e. The zero-order valence-electron chi connectivity index (χ0n) is 14.4. The second-order valence-corrected chi connectivity index (χ2v) is 6.46. The van der Waals surface area contributed by atoms with E-state index in [1.165, 1.54) is 17.3 Å². The molecule has 0 saturated heterocycles. The quantitative estimate of drug-likeness (QED) is 0.757. The van der Waals surface area contributed by atoms with Crippen molar-refractivity contribution < 1.29 is 4.79 Å². The number of para-hydroxylation sites is 1. The average molecular weight is 352 g/mol. The number of rotatable bonds is 4. The fraction of sp³-hybridized carbons (Fsp3) is 0.389. The van der Waals surface area contributed by atoms with Gasteiger partial charge in [-0.3, -0.25) is 14.3 Å². The molecule has 1 aromatic carbocycles. The van der Waals surface area contributed by atoms with Gasteiger partial charge in [0, 0.05) is 18.4 Å². The second-order valence-electron chi connectivity index (χ2n) is 6.46. The zero-order chi connectivity index (χ0) is 17.9. The maximum atomic E-state index is 12.4. The SMILES string of the molecule is O=C(Cn1ncc(=O)c2ccccc21)NCc1nnc2n1CCCCC2. The molecule has 1 aliphatic heterocycles. The number of aryl methyl sites for hydroxylation is 1. The average Bonchev–Trinajstić information content (AvgIpc) is 2.89. The summed E-state index contributed by atoms with van der Waals surface area (Å²) in [6.45, 7) is 1.28. The molecule has 1 aliphatic rings. The monoisotopic (exact) mass is 352 g/mol. The Morgan fingerprint density at radius 1 is 1.15 bits per heavy atom. The summed E-state index contributed by atoms with van der Waals surface area (Å²) >= 11 is 0. The number of nitrogens with one attached hydrogen (secondary N) is 1. The van der Waals surface area contributed by atoms with E-state index in [1.807, 2.05) is 6.07 Å². The van der Waals surface area contributed by atoms with Gasteiger partial charge < -0.3 is 9.88 Å². The molecule has 0 saturated carbocycles. The highest BCUT2D eigenvalue weighted by atomic mass is 16.2. The summed E-state index contributed by atoms with van der Waals surface area (Å²) < 4.78 is 3.65. The van der Waals surface area contributed by atoms with E-state index in [1.54, 1.807) is 18.2 Å². The Morgan fingerprint density at radius 2 is 2.04 bits per heavy atom. The van der Waals surface area contributed by atoms with Gasteiger partial charge in [0.2, 0.25) is 11.3 Å². The summed E-state index contributed by atoms with van der Waals surface area (Å²) in [4.78, 5) is 24.2. The van der Waals surface area contributed by atoms with E-state index < -0.39 is 0 Å². The van der Waals surface area contributed by atoms with Gasteiger partial charge >= 0.3 is 0 Å². The molecule has 1 N–H and O–H groups in total. The van der Waals surface area contributed by atoms with Crippen LogP contribution in [0.2, 0.25) is 0 Å². The number of aromatic nitrogens is 5. The Morgan fingerprint density at radius 3 is 2.96 bits per heavy atom. The number of hydrogen-bond acceptors (Lipinski definition) is 5. The maximum Gasteiger partial charge on any atom is 0.242 e. The number of carbonyl (C=O) groups excluding carboxylic acids is 1. The predicted molar refractivity (Wildman–Crippen MR) is 95.4 cm³/mol. The van der Waals surface area contributed by atoms with Crippen LogP contribution in [-0.4, -0.2) is 30.5 Å². The normalized spacial score (nSPS) is 14.0. The Bertz CT molecular complexity index is 1010. The molecular weight excluding hydrogens is 332 g/mol. The number of carbonyl (C=O) groups is 1. The van der Waals surface area contributed by atoms with E-state index in [4.69, 9.17) is 0 Å². The summed E-state index contributed by atoms with van der Waals surface area (Å²) in [5, 5.41) is 16.0. The van der Waals surface area contributed by atoms with Crippen LogP contribution in [0.25, 0.3) is 10.9 Å². The van der Waals surface area contributed by atoms with Gasteiger partial charge in [-0.05, 0) is 25.0 Å². The van der Waals surface area contributed by atoms with Crippen molar-refractivity contribution >= 4 is 16.8 Å². The number of amides is 1. The first-order chi connectivity index (χ1) is 12.7. The third kappa shape index (κ3) is 3.22. The molecule has 0 fully saturated rings. The van der Waals surface area contributed by atoms with E-state index in [-0.39, 0.29) is 17.9 Å². The molecule has 26 heavy (non-hydrogen) atoms. The lowest BCUT2D eigenvalue weighted by molar-refractivity contribution is -0.122. The summed E-state index contributed by atoms with van der Waals surface area (Å²) in [6, 6.07) is 7.14. The zero-order valence-corrected chi connectivity index (χ0v) is 14.4. The van der Waals surface area contributed by atoms with Gasteiger partial charge in [-0.15, -0.1) is 10.2 Å². The van der Waals surface area contributed by atoms with Gasteiger partial charge in [0.1, 0.15) is 12.4 Å². The molecule has 3 heterocycles. The third-order valence-electron chi connectivity index (χ3n) is 4.69. The first-order valence-corrected chi connectivity index (χ1v) is 8.85. The predicted octanol–water partition coefficient (Wildman–Crippen LogP) is 1.03. The van der Waals surface area contributed by atoms with Crippen molar-refractivity contribution in [1.82, 2.24) is 29.9 Å². The standard InChI is InChI=1S/C18H20N6O2/c25-15-10-20-24(14-7-4-3-6-13(14)15)12-18(26)19-11-17-22-21-16-8-2-1-5-9-23(16)17/h3-4,6-7,10H,1-2,5,8-9,11-12H2,(H,19,26). The molecule has 0 atom stereocenters. The Balaban J connectivity index is 1.46. The highest BCUT2D eigenvalue weighted by Crippen LogP contribution is 2.14. The minimum absolute atomic E-state index is 0.0434. The van der Waals surface area contributed by atoms with E-state index in [0.29, 0.717) is 17.4 Å². The molecule has 8 heteroatoms. The van der Waals surface area contributed by atoms with Crippen LogP contribution in [0.1, 0.15) is 30.9 Å². The van der Waals surface area contributed by atoms with Gasteiger partial charge in [0.15, 0.2) is 5.82 Å². The van der Waals surface area contributed by atoms with Gasteiger partial charge in [-0.25, -0.2) is 0 Å². The summed E-state index contributed by atoms with van der Waals surface area (Å²) in [6.07, 6.45) is 5.62. The summed E-state index contributed by atoms with van der Waals surface area (Å²) in [5.74, 6) is 1.60. The molecule has 4 rings (SSSR count). The Kier molecular flexibility index (Phi) is 4.47. The van der Waals surface area contributed by atoms with Crippen molar-refractivity contribution in [2.75, 3.05) is 0 Å². The van der Waals surface area contributed by atoms with E-state index in [9.17, 15) is 9.59 Å². The van der Waals surface area contributed by atoms with Crippen LogP contribution in [0.3, 0.4) is 0 Å². The third-order valence-corrected chi connectivity index (χ3v) is 4.69. The minimum Gasteiger partial charge on any atom is -0.347 e. The van der Waals surface area contributed by atoms with Gasteiger partial charge in [-0.1, -0.05) is 18.6 Å². The van der Waals surface area contributed by atoms with Crippen LogP contribution in [0, 0.1) is 0 Å². The molecule has 0 unspecified atom stereocenters. The summed E-state index contributed by atoms with van der Waals surface area (Å²) in [7, 11) is 0. The molecular formula is C18H20N6O2. The maximum absolute atomic E-state index is 12.4. The van der Waals surface area contributed by atoms with Crippen molar-refractivity contribution in [1.29, 1.82) is 0 Å². The fourth-order valence-electron chi connectivity index (χ4n) is 3.33. The molecule has 0 spiro atoms. The molecule has 2 aromatic heterocycles. The molecule has 134 valence electrons. The first kappa shape index (κ1) is 16.4. The van der Waals surface area contributed by atoms with Crippen molar-refractivity contribution in [2.24, 2.45) is 0 Å². The number of fused-ring (bicyclic) bond motifs is 2. The number of hydrogen-bond donors (Lipinski definition) is 1. The van der Waals surface area contributed by atoms with Crippen molar-refractivity contribution in [2.45, 2.75) is 45.3 Å². The lowest BCUT2D eigenvalue weighted by atomic mass is 10.2. The van der Waals surface area contributed by atoms with Crippen molar-refractivity contribution in [3.63, 3.8) is 0 Å². The van der Waals surface area contributed by atoms with Crippen LogP contribution in [0.15, 0.2) is 35.3 Å². The van der Waals surface area contributed by atoms with Crippen LogP contribution in [0.4, 0.5) is 0 Å². The molecule has 1 amide bonds. The fourth-order valence-corrected chi connectivity index (χ4v) is 3.33. The van der Waals surface area contributed by atoms with Crippen LogP contribution >= 0.6 is 0 Å². The van der Waals surface area contributed by atoms with Crippen LogP contribution < -0.4 is 10.7 Å².